The summed E-state index contributed by atoms with van der Waals surface area (Å²) in [4.78, 5) is 4.15. The van der Waals surface area contributed by atoms with Crippen molar-refractivity contribution in [1.82, 2.24) is 4.98 Å². The highest BCUT2D eigenvalue weighted by Gasteiger charge is 2.30. The van der Waals surface area contributed by atoms with Crippen LogP contribution in [0, 0.1) is 0 Å². The highest BCUT2D eigenvalue weighted by atomic mass is 32.2. The summed E-state index contributed by atoms with van der Waals surface area (Å²) < 4.78 is 31.2. The van der Waals surface area contributed by atoms with Crippen LogP contribution in [0.15, 0.2) is 12.3 Å². The van der Waals surface area contributed by atoms with Gasteiger partial charge in [-0.2, -0.15) is 0 Å². The van der Waals surface area contributed by atoms with Crippen LogP contribution in [0.2, 0.25) is 0 Å². The van der Waals surface area contributed by atoms with Crippen molar-refractivity contribution in [2.45, 2.75) is 45.1 Å². The van der Waals surface area contributed by atoms with Crippen LogP contribution < -0.4 is 9.46 Å². The van der Waals surface area contributed by atoms with Crippen LogP contribution in [0.1, 0.15) is 39.2 Å². The fourth-order valence-corrected chi connectivity index (χ4v) is 2.39. The first-order valence-electron chi connectivity index (χ1n) is 6.31. The Kier molecular flexibility index (Phi) is 3.47. The largest absolute Gasteiger partial charge is 0.490 e. The second-order valence-corrected chi connectivity index (χ2v) is 7.72. The van der Waals surface area contributed by atoms with E-state index in [2.05, 4.69) is 9.71 Å². The van der Waals surface area contributed by atoms with Gasteiger partial charge in [-0.25, -0.2) is 13.4 Å². The molecule has 0 aromatic carbocycles. The van der Waals surface area contributed by atoms with Gasteiger partial charge in [-0.05, 0) is 24.3 Å². The summed E-state index contributed by atoms with van der Waals surface area (Å²) >= 11 is 0. The van der Waals surface area contributed by atoms with Crippen molar-refractivity contribution in [2.24, 2.45) is 0 Å². The summed E-state index contributed by atoms with van der Waals surface area (Å²) in [6, 6.07) is 1.80. The zero-order chi connectivity index (χ0) is 14.3. The minimum Gasteiger partial charge on any atom is -0.490 e. The van der Waals surface area contributed by atoms with Gasteiger partial charge in [0.1, 0.15) is 11.6 Å². The van der Waals surface area contributed by atoms with Crippen LogP contribution in [-0.4, -0.2) is 25.8 Å². The van der Waals surface area contributed by atoms with E-state index in [1.807, 2.05) is 20.8 Å². The van der Waals surface area contributed by atoms with Gasteiger partial charge in [-0.3, -0.25) is 4.72 Å². The smallest absolute Gasteiger partial charge is 0.230 e. The van der Waals surface area contributed by atoms with E-state index in [4.69, 9.17) is 4.74 Å². The normalized spacial score (nSPS) is 16.2. The molecule has 5 nitrogen and oxygen atoms in total. The Morgan fingerprint density at radius 2 is 2.00 bits per heavy atom. The molecule has 2 rings (SSSR count). The molecule has 1 saturated carbocycles. The Morgan fingerprint density at radius 1 is 1.37 bits per heavy atom. The van der Waals surface area contributed by atoms with Gasteiger partial charge in [0.25, 0.3) is 0 Å². The zero-order valence-electron chi connectivity index (χ0n) is 11.7. The predicted molar refractivity (Wildman–Crippen MR) is 75.1 cm³/mol. The topological polar surface area (TPSA) is 68.3 Å². The van der Waals surface area contributed by atoms with Crippen molar-refractivity contribution in [2.75, 3.05) is 11.0 Å². The summed E-state index contributed by atoms with van der Waals surface area (Å²) in [5.41, 5.74) is 0.540. The van der Waals surface area contributed by atoms with Gasteiger partial charge in [0.05, 0.1) is 12.4 Å². The van der Waals surface area contributed by atoms with E-state index in [0.717, 1.165) is 30.4 Å². The molecule has 1 N–H and O–H groups in total. The minimum atomic E-state index is -3.36. The van der Waals surface area contributed by atoms with Crippen LogP contribution >= 0.6 is 0 Å². The Bertz CT molecular complexity index is 572. The number of hydrogen-bond acceptors (Lipinski definition) is 4. The minimum absolute atomic E-state index is 0.258. The van der Waals surface area contributed by atoms with Crippen molar-refractivity contribution in [3.63, 3.8) is 0 Å². The van der Waals surface area contributed by atoms with Gasteiger partial charge < -0.3 is 4.74 Å². The molecule has 0 atom stereocenters. The molecule has 0 saturated heterocycles. The maximum atomic E-state index is 11.4. The molecule has 0 unspecified atom stereocenters. The van der Waals surface area contributed by atoms with Crippen LogP contribution in [0.3, 0.4) is 0 Å². The maximum Gasteiger partial charge on any atom is 0.230 e. The third-order valence-electron chi connectivity index (χ3n) is 2.76. The summed E-state index contributed by atoms with van der Waals surface area (Å²) in [5.74, 6) is 1.07. The van der Waals surface area contributed by atoms with E-state index in [9.17, 15) is 8.42 Å². The van der Waals surface area contributed by atoms with Gasteiger partial charge in [0.2, 0.25) is 10.0 Å². The number of sulfonamides is 1. The molecule has 19 heavy (non-hydrogen) atoms. The van der Waals surface area contributed by atoms with Crippen LogP contribution in [0.25, 0.3) is 0 Å². The lowest BCUT2D eigenvalue weighted by Gasteiger charge is -2.25. The third kappa shape index (κ3) is 3.83. The fraction of sp³-hybridized carbons (Fsp3) is 0.615. The van der Waals surface area contributed by atoms with Crippen LogP contribution in [-0.2, 0) is 15.4 Å². The summed E-state index contributed by atoms with van der Waals surface area (Å²) in [6.45, 7) is 6.03. The van der Waals surface area contributed by atoms with Crippen molar-refractivity contribution < 1.29 is 13.2 Å². The lowest BCUT2D eigenvalue weighted by molar-refractivity contribution is 0.294. The average Bonchev–Trinajstić information content (AvgIpc) is 2.97. The second kappa shape index (κ2) is 4.67. The number of anilines is 1. The highest BCUT2D eigenvalue weighted by Crippen LogP contribution is 2.39. The monoisotopic (exact) mass is 284 g/mol. The number of ether oxygens (including phenoxy) is 1. The Balaban J connectivity index is 2.46. The third-order valence-corrected chi connectivity index (χ3v) is 3.33. The van der Waals surface area contributed by atoms with Crippen LogP contribution in [0.5, 0.6) is 5.75 Å². The SMILES string of the molecule is CC(C)(C)c1c(OC2CC2)ccnc1NS(C)(=O)=O. The van der Waals surface area contributed by atoms with Gasteiger partial charge in [-0.1, -0.05) is 20.8 Å². The van der Waals surface area contributed by atoms with E-state index in [1.54, 1.807) is 12.3 Å². The molecule has 0 amide bonds. The fourth-order valence-electron chi connectivity index (χ4n) is 1.89. The first-order valence-corrected chi connectivity index (χ1v) is 8.20. The molecule has 1 aromatic heterocycles. The Hall–Kier alpha value is -1.30. The Morgan fingerprint density at radius 3 is 2.47 bits per heavy atom. The van der Waals surface area contributed by atoms with Crippen molar-refractivity contribution >= 4 is 15.8 Å². The van der Waals surface area contributed by atoms with E-state index >= 15 is 0 Å². The molecule has 1 aliphatic rings. The number of pyridine rings is 1. The zero-order valence-corrected chi connectivity index (χ0v) is 12.5. The van der Waals surface area contributed by atoms with E-state index in [0.29, 0.717) is 5.82 Å². The lowest BCUT2D eigenvalue weighted by Crippen LogP contribution is -2.20. The molecule has 1 heterocycles. The van der Waals surface area contributed by atoms with Gasteiger partial charge in [-0.15, -0.1) is 0 Å². The molecule has 0 spiro atoms. The molecule has 1 aliphatic carbocycles. The van der Waals surface area contributed by atoms with Crippen LogP contribution in [0.4, 0.5) is 5.82 Å². The van der Waals surface area contributed by atoms with E-state index in [1.165, 1.54) is 0 Å². The molecule has 106 valence electrons. The molecule has 0 aliphatic heterocycles. The number of hydrogen-bond donors (Lipinski definition) is 1. The first kappa shape index (κ1) is 14.1. The average molecular weight is 284 g/mol. The molecule has 6 heteroatoms. The standard InChI is InChI=1S/C13H20N2O3S/c1-13(2,3)11-10(18-9-5-6-9)7-8-14-12(11)15-19(4,16)17/h7-9H,5-6H2,1-4H3,(H,14,15). The summed E-state index contributed by atoms with van der Waals surface area (Å²) in [6.07, 6.45) is 5.06. The van der Waals surface area contributed by atoms with E-state index in [-0.39, 0.29) is 11.5 Å². The predicted octanol–water partition coefficient (Wildman–Crippen LogP) is 2.29. The molecule has 1 fully saturated rings. The van der Waals surface area contributed by atoms with Gasteiger partial charge >= 0.3 is 0 Å². The maximum absolute atomic E-state index is 11.4. The molecule has 0 bridgehead atoms. The van der Waals surface area contributed by atoms with Crippen molar-refractivity contribution in [3.8, 4) is 5.75 Å². The van der Waals surface area contributed by atoms with Crippen molar-refractivity contribution in [3.05, 3.63) is 17.8 Å². The number of rotatable bonds is 4. The molecular formula is C13H20N2O3S. The van der Waals surface area contributed by atoms with Crippen molar-refractivity contribution in [1.29, 1.82) is 0 Å². The molecule has 0 radical (unpaired) electrons. The first-order chi connectivity index (χ1) is 8.67. The summed E-state index contributed by atoms with van der Waals surface area (Å²) in [5, 5.41) is 0. The molecular weight excluding hydrogens is 264 g/mol. The number of nitrogens with one attached hydrogen (secondary N) is 1. The summed E-state index contributed by atoms with van der Waals surface area (Å²) in [7, 11) is -3.36. The Labute approximate surface area is 114 Å². The molecule has 1 aromatic rings. The van der Waals surface area contributed by atoms with E-state index < -0.39 is 10.0 Å². The lowest BCUT2D eigenvalue weighted by atomic mass is 9.86. The highest BCUT2D eigenvalue weighted by molar-refractivity contribution is 7.92. The second-order valence-electron chi connectivity index (χ2n) is 5.97. The quantitative estimate of drug-likeness (QED) is 0.921. The number of aromatic nitrogens is 1. The van der Waals surface area contributed by atoms with Gasteiger partial charge in [0, 0.05) is 11.8 Å². The van der Waals surface area contributed by atoms with Gasteiger partial charge in [0.15, 0.2) is 0 Å². The number of nitrogens with zero attached hydrogens (tertiary/aromatic N) is 1.